The molecule has 0 aliphatic heterocycles. The van der Waals surface area contributed by atoms with Gasteiger partial charge in [0.15, 0.2) is 11.5 Å². The van der Waals surface area contributed by atoms with E-state index in [9.17, 15) is 0 Å². The van der Waals surface area contributed by atoms with Crippen molar-refractivity contribution in [3.63, 3.8) is 0 Å². The Kier molecular flexibility index (Phi) is 5.32. The fourth-order valence-corrected chi connectivity index (χ4v) is 1.86. The first-order valence-corrected chi connectivity index (χ1v) is 5.54. The number of hydrogen-bond donors (Lipinski definition) is 1. The van der Waals surface area contributed by atoms with Crippen molar-refractivity contribution < 1.29 is 9.47 Å². The molecule has 94 valence electrons. The average molecular weight is 265 g/mol. The minimum Gasteiger partial charge on any atom is -0.493 e. The van der Waals surface area contributed by atoms with Crippen LogP contribution in [0.1, 0.15) is 11.6 Å². The number of benzene rings is 1. The second-order valence-electron chi connectivity index (χ2n) is 3.35. The van der Waals surface area contributed by atoms with Crippen LogP contribution in [0.3, 0.4) is 0 Å². The van der Waals surface area contributed by atoms with Crippen molar-refractivity contribution in [1.29, 1.82) is 5.26 Å². The van der Waals surface area contributed by atoms with Gasteiger partial charge < -0.3 is 9.47 Å². The number of methoxy groups -OCH3 is 2. The number of terminal acetylenes is 1. The molecule has 0 aromatic heterocycles. The summed E-state index contributed by atoms with van der Waals surface area (Å²) in [4.78, 5) is 0. The summed E-state index contributed by atoms with van der Waals surface area (Å²) in [6.45, 7) is 0.281. The maximum absolute atomic E-state index is 9.11. The predicted molar refractivity (Wildman–Crippen MR) is 69.7 cm³/mol. The van der Waals surface area contributed by atoms with Gasteiger partial charge in [0.2, 0.25) is 0 Å². The summed E-state index contributed by atoms with van der Waals surface area (Å²) in [5, 5.41) is 12.3. The van der Waals surface area contributed by atoms with E-state index in [4.69, 9.17) is 32.8 Å². The number of nitriles is 1. The lowest BCUT2D eigenvalue weighted by molar-refractivity contribution is 0.354. The van der Waals surface area contributed by atoms with Crippen molar-refractivity contribution in [3.8, 4) is 29.9 Å². The van der Waals surface area contributed by atoms with E-state index < -0.39 is 6.04 Å². The molecule has 0 radical (unpaired) electrons. The molecule has 18 heavy (non-hydrogen) atoms. The molecular formula is C13H13ClN2O2. The van der Waals surface area contributed by atoms with E-state index in [0.29, 0.717) is 22.1 Å². The molecule has 1 aromatic carbocycles. The first kappa shape index (κ1) is 14.2. The van der Waals surface area contributed by atoms with E-state index >= 15 is 0 Å². The monoisotopic (exact) mass is 264 g/mol. The van der Waals surface area contributed by atoms with Crippen molar-refractivity contribution in [3.05, 3.63) is 22.7 Å². The zero-order valence-electron chi connectivity index (χ0n) is 10.2. The summed E-state index contributed by atoms with van der Waals surface area (Å²) in [5.74, 6) is 3.33. The normalized spacial score (nSPS) is 11.2. The van der Waals surface area contributed by atoms with E-state index in [1.165, 1.54) is 14.2 Å². The van der Waals surface area contributed by atoms with Crippen LogP contribution in [0.4, 0.5) is 0 Å². The van der Waals surface area contributed by atoms with Crippen LogP contribution in [0.2, 0.25) is 5.02 Å². The predicted octanol–water partition coefficient (Wildman–Crippen LogP) is 2.14. The van der Waals surface area contributed by atoms with Gasteiger partial charge in [-0.15, -0.1) is 6.42 Å². The van der Waals surface area contributed by atoms with Gasteiger partial charge in [-0.25, -0.2) is 0 Å². The molecule has 1 rings (SSSR count). The Labute approximate surface area is 111 Å². The van der Waals surface area contributed by atoms with Crippen LogP contribution in [-0.2, 0) is 0 Å². The second kappa shape index (κ2) is 6.76. The number of rotatable bonds is 5. The Balaban J connectivity index is 3.18. The Morgan fingerprint density at radius 3 is 2.67 bits per heavy atom. The smallest absolute Gasteiger partial charge is 0.179 e. The molecule has 1 aromatic rings. The van der Waals surface area contributed by atoms with Gasteiger partial charge in [-0.2, -0.15) is 5.26 Å². The maximum atomic E-state index is 9.11. The molecule has 0 aliphatic carbocycles. The summed E-state index contributed by atoms with van der Waals surface area (Å²) >= 11 is 6.20. The maximum Gasteiger partial charge on any atom is 0.179 e. The Bertz CT molecular complexity index is 503. The highest BCUT2D eigenvalue weighted by molar-refractivity contribution is 6.33. The first-order chi connectivity index (χ1) is 8.69. The van der Waals surface area contributed by atoms with Gasteiger partial charge in [0.1, 0.15) is 6.04 Å². The van der Waals surface area contributed by atoms with Crippen molar-refractivity contribution in [2.45, 2.75) is 6.04 Å². The van der Waals surface area contributed by atoms with Gasteiger partial charge in [0.05, 0.1) is 31.9 Å². The Morgan fingerprint density at radius 2 is 2.17 bits per heavy atom. The highest BCUT2D eigenvalue weighted by Gasteiger charge is 2.19. The summed E-state index contributed by atoms with van der Waals surface area (Å²) in [7, 11) is 3.01. The van der Waals surface area contributed by atoms with E-state index in [1.54, 1.807) is 12.1 Å². The first-order valence-electron chi connectivity index (χ1n) is 5.16. The summed E-state index contributed by atoms with van der Waals surface area (Å²) in [5.41, 5.74) is 0.604. The van der Waals surface area contributed by atoms with Gasteiger partial charge in [-0.1, -0.05) is 23.6 Å². The number of hydrogen-bond acceptors (Lipinski definition) is 4. The summed E-state index contributed by atoms with van der Waals surface area (Å²) in [6.07, 6.45) is 5.15. The third kappa shape index (κ3) is 2.87. The molecule has 0 fully saturated rings. The van der Waals surface area contributed by atoms with E-state index in [0.717, 1.165) is 0 Å². The average Bonchev–Trinajstić information content (AvgIpc) is 2.40. The molecule has 0 saturated carbocycles. The molecule has 1 unspecified atom stereocenters. The molecular weight excluding hydrogens is 252 g/mol. The van der Waals surface area contributed by atoms with Crippen molar-refractivity contribution in [2.75, 3.05) is 20.8 Å². The molecule has 0 amide bonds. The van der Waals surface area contributed by atoms with Crippen LogP contribution in [0.15, 0.2) is 12.1 Å². The minimum atomic E-state index is -0.589. The van der Waals surface area contributed by atoms with Gasteiger partial charge >= 0.3 is 0 Å². The minimum absolute atomic E-state index is 0.281. The molecule has 0 aliphatic rings. The molecule has 1 atom stereocenters. The lowest BCUT2D eigenvalue weighted by Gasteiger charge is -2.16. The Hall–Kier alpha value is -1.88. The van der Waals surface area contributed by atoms with Crippen LogP contribution in [0.5, 0.6) is 11.5 Å². The lowest BCUT2D eigenvalue weighted by Crippen LogP contribution is -2.20. The summed E-state index contributed by atoms with van der Waals surface area (Å²) in [6, 6.07) is 4.91. The number of nitrogens with zero attached hydrogens (tertiary/aromatic N) is 1. The second-order valence-corrected chi connectivity index (χ2v) is 3.73. The molecule has 5 heteroatoms. The molecule has 0 heterocycles. The van der Waals surface area contributed by atoms with E-state index in [-0.39, 0.29) is 6.54 Å². The fraction of sp³-hybridized carbons (Fsp3) is 0.308. The van der Waals surface area contributed by atoms with Gasteiger partial charge in [-0.3, -0.25) is 5.32 Å². The number of nitrogens with one attached hydrogen (secondary N) is 1. The number of halogens is 1. The van der Waals surface area contributed by atoms with Crippen molar-refractivity contribution >= 4 is 11.6 Å². The zero-order chi connectivity index (χ0) is 13.5. The van der Waals surface area contributed by atoms with E-state index in [1.807, 2.05) is 0 Å². The highest BCUT2D eigenvalue weighted by Crippen LogP contribution is 2.39. The van der Waals surface area contributed by atoms with E-state index in [2.05, 4.69) is 17.3 Å². The Morgan fingerprint density at radius 1 is 1.44 bits per heavy atom. The van der Waals surface area contributed by atoms with Crippen LogP contribution in [0.25, 0.3) is 0 Å². The molecule has 0 spiro atoms. The summed E-state index contributed by atoms with van der Waals surface area (Å²) < 4.78 is 10.3. The van der Waals surface area contributed by atoms with Gasteiger partial charge in [-0.05, 0) is 6.07 Å². The highest BCUT2D eigenvalue weighted by atomic mass is 35.5. The van der Waals surface area contributed by atoms with Gasteiger partial charge in [0.25, 0.3) is 0 Å². The van der Waals surface area contributed by atoms with Crippen LogP contribution in [-0.4, -0.2) is 20.8 Å². The fourth-order valence-electron chi connectivity index (χ4n) is 1.51. The quantitative estimate of drug-likeness (QED) is 0.828. The number of ether oxygens (including phenoxy) is 2. The molecule has 0 bridgehead atoms. The van der Waals surface area contributed by atoms with Crippen LogP contribution in [0, 0.1) is 23.7 Å². The third-order valence-electron chi connectivity index (χ3n) is 2.36. The molecule has 4 nitrogen and oxygen atoms in total. The lowest BCUT2D eigenvalue weighted by atomic mass is 10.1. The topological polar surface area (TPSA) is 54.3 Å². The van der Waals surface area contributed by atoms with Gasteiger partial charge in [0, 0.05) is 5.56 Å². The standard InChI is InChI=1S/C13H13ClN2O2/c1-4-7-16-10(8-15)9-5-6-11(17-2)13(18-3)12(9)14/h1,5-6,10,16H,7H2,2-3H3. The zero-order valence-corrected chi connectivity index (χ0v) is 10.9. The SMILES string of the molecule is C#CCNC(C#N)c1ccc(OC)c(OC)c1Cl. The van der Waals surface area contributed by atoms with Crippen molar-refractivity contribution in [1.82, 2.24) is 5.32 Å². The third-order valence-corrected chi connectivity index (χ3v) is 2.75. The van der Waals surface area contributed by atoms with Crippen molar-refractivity contribution in [2.24, 2.45) is 0 Å². The largest absolute Gasteiger partial charge is 0.493 e. The van der Waals surface area contributed by atoms with Crippen LogP contribution < -0.4 is 14.8 Å². The molecule has 0 saturated heterocycles. The molecule has 1 N–H and O–H groups in total. The van der Waals surface area contributed by atoms with Crippen LogP contribution >= 0.6 is 11.6 Å².